The van der Waals surface area contributed by atoms with E-state index in [1.807, 2.05) is 0 Å². The summed E-state index contributed by atoms with van der Waals surface area (Å²) in [5.41, 5.74) is 0.315. The maximum Gasteiger partial charge on any atom is 0.240 e. The van der Waals surface area contributed by atoms with Gasteiger partial charge in [-0.3, -0.25) is 4.79 Å². The number of amides is 1. The summed E-state index contributed by atoms with van der Waals surface area (Å²) in [6.45, 7) is 2.25. The van der Waals surface area contributed by atoms with E-state index in [1.165, 1.54) is 32.2 Å². The third-order valence-electron chi connectivity index (χ3n) is 3.32. The molecule has 1 saturated heterocycles. The summed E-state index contributed by atoms with van der Waals surface area (Å²) >= 11 is 0. The van der Waals surface area contributed by atoms with Crippen LogP contribution in [0.4, 0.5) is 5.69 Å². The number of ether oxygens (including phenoxy) is 2. The van der Waals surface area contributed by atoms with Crippen molar-refractivity contribution in [1.82, 2.24) is 4.72 Å². The van der Waals surface area contributed by atoms with Crippen molar-refractivity contribution in [3.05, 3.63) is 18.2 Å². The van der Waals surface area contributed by atoms with Crippen LogP contribution in [0.3, 0.4) is 0 Å². The van der Waals surface area contributed by atoms with E-state index in [0.29, 0.717) is 18.0 Å². The van der Waals surface area contributed by atoms with Crippen LogP contribution in [0.25, 0.3) is 0 Å². The third kappa shape index (κ3) is 4.19. The molecule has 122 valence electrons. The van der Waals surface area contributed by atoms with Gasteiger partial charge in [0.15, 0.2) is 0 Å². The molecule has 1 amide bonds. The molecule has 1 heterocycles. The van der Waals surface area contributed by atoms with Crippen LogP contribution in [0.15, 0.2) is 23.1 Å². The van der Waals surface area contributed by atoms with E-state index >= 15 is 0 Å². The molecule has 1 unspecified atom stereocenters. The minimum absolute atomic E-state index is 0.0649. The molecule has 0 radical (unpaired) electrons. The quantitative estimate of drug-likeness (QED) is 0.816. The topological polar surface area (TPSA) is 93.7 Å². The number of anilines is 1. The molecular weight excluding hydrogens is 308 g/mol. The number of benzene rings is 1. The first-order valence-electron chi connectivity index (χ1n) is 6.99. The van der Waals surface area contributed by atoms with Gasteiger partial charge in [-0.25, -0.2) is 13.1 Å². The summed E-state index contributed by atoms with van der Waals surface area (Å²) in [6.07, 6.45) is 1.71. The van der Waals surface area contributed by atoms with Crippen LogP contribution in [-0.2, 0) is 19.6 Å². The Balaban J connectivity index is 2.16. The summed E-state index contributed by atoms with van der Waals surface area (Å²) in [5, 5.41) is 2.55. The number of hydrogen-bond acceptors (Lipinski definition) is 5. The summed E-state index contributed by atoms with van der Waals surface area (Å²) in [4.78, 5) is 11.3. The largest absolute Gasteiger partial charge is 0.495 e. The molecule has 8 heteroatoms. The van der Waals surface area contributed by atoms with Gasteiger partial charge in [-0.15, -0.1) is 0 Å². The molecule has 22 heavy (non-hydrogen) atoms. The van der Waals surface area contributed by atoms with Crippen molar-refractivity contribution in [2.75, 3.05) is 25.6 Å². The summed E-state index contributed by atoms with van der Waals surface area (Å²) in [5.74, 6) is 0.0911. The van der Waals surface area contributed by atoms with E-state index in [4.69, 9.17) is 9.47 Å². The Morgan fingerprint density at radius 3 is 2.82 bits per heavy atom. The zero-order valence-corrected chi connectivity index (χ0v) is 13.4. The van der Waals surface area contributed by atoms with Crippen LogP contribution in [0.5, 0.6) is 5.75 Å². The van der Waals surface area contributed by atoms with E-state index in [0.717, 1.165) is 12.8 Å². The van der Waals surface area contributed by atoms with E-state index < -0.39 is 10.0 Å². The number of carbonyl (C=O) groups is 1. The highest BCUT2D eigenvalue weighted by Gasteiger charge is 2.21. The highest BCUT2D eigenvalue weighted by atomic mass is 32.2. The molecule has 0 spiro atoms. The number of hydrogen-bond donors (Lipinski definition) is 2. The maximum absolute atomic E-state index is 12.3. The van der Waals surface area contributed by atoms with E-state index in [2.05, 4.69) is 10.0 Å². The highest BCUT2D eigenvalue weighted by Crippen LogP contribution is 2.27. The van der Waals surface area contributed by atoms with Crippen LogP contribution < -0.4 is 14.8 Å². The molecule has 0 aromatic heterocycles. The molecule has 0 aliphatic carbocycles. The SMILES string of the molecule is COc1ccc(S(=O)(=O)NCC2CCCO2)cc1NC(C)=O. The predicted molar refractivity (Wildman–Crippen MR) is 81.5 cm³/mol. The Bertz CT molecular complexity index is 639. The lowest BCUT2D eigenvalue weighted by molar-refractivity contribution is -0.114. The second kappa shape index (κ2) is 7.08. The van der Waals surface area contributed by atoms with Gasteiger partial charge in [0.2, 0.25) is 15.9 Å². The standard InChI is InChI=1S/C14H20N2O5S/c1-10(17)16-13-8-12(5-6-14(13)20-2)22(18,19)15-9-11-4-3-7-21-11/h5-6,8,11,15H,3-4,7,9H2,1-2H3,(H,16,17). The minimum Gasteiger partial charge on any atom is -0.495 e. The molecule has 0 bridgehead atoms. The lowest BCUT2D eigenvalue weighted by atomic mass is 10.2. The van der Waals surface area contributed by atoms with Crippen LogP contribution in [0.1, 0.15) is 19.8 Å². The molecule has 1 fully saturated rings. The third-order valence-corrected chi connectivity index (χ3v) is 4.74. The van der Waals surface area contributed by atoms with Gasteiger partial charge in [-0.1, -0.05) is 0 Å². The van der Waals surface area contributed by atoms with Gasteiger partial charge in [0.25, 0.3) is 0 Å². The van der Waals surface area contributed by atoms with E-state index in [-0.39, 0.29) is 23.5 Å². The molecular formula is C14H20N2O5S. The van der Waals surface area contributed by atoms with Gasteiger partial charge >= 0.3 is 0 Å². The Morgan fingerprint density at radius 1 is 1.45 bits per heavy atom. The first-order valence-corrected chi connectivity index (χ1v) is 8.47. The van der Waals surface area contributed by atoms with Crippen molar-refractivity contribution in [3.63, 3.8) is 0 Å². The number of carbonyl (C=O) groups excluding carboxylic acids is 1. The molecule has 1 atom stereocenters. The van der Waals surface area contributed by atoms with Crippen LogP contribution >= 0.6 is 0 Å². The van der Waals surface area contributed by atoms with Crippen molar-refractivity contribution < 1.29 is 22.7 Å². The molecule has 1 aromatic rings. The molecule has 1 aliphatic heterocycles. The Hall–Kier alpha value is -1.64. The molecule has 2 rings (SSSR count). The number of methoxy groups -OCH3 is 1. The summed E-state index contributed by atoms with van der Waals surface area (Å²) in [6, 6.07) is 4.31. The molecule has 1 aromatic carbocycles. The van der Waals surface area contributed by atoms with Crippen molar-refractivity contribution >= 4 is 21.6 Å². The molecule has 0 saturated carbocycles. The average molecular weight is 328 g/mol. The fourth-order valence-corrected chi connectivity index (χ4v) is 3.33. The van der Waals surface area contributed by atoms with Crippen LogP contribution in [0.2, 0.25) is 0 Å². The van der Waals surface area contributed by atoms with Gasteiger partial charge in [0, 0.05) is 20.1 Å². The number of rotatable bonds is 6. The zero-order valence-electron chi connectivity index (χ0n) is 12.6. The van der Waals surface area contributed by atoms with Crippen molar-refractivity contribution in [2.45, 2.75) is 30.8 Å². The fourth-order valence-electron chi connectivity index (χ4n) is 2.23. The van der Waals surface area contributed by atoms with Crippen molar-refractivity contribution in [1.29, 1.82) is 0 Å². The maximum atomic E-state index is 12.3. The monoisotopic (exact) mass is 328 g/mol. The van der Waals surface area contributed by atoms with Gasteiger partial charge in [0.1, 0.15) is 5.75 Å². The van der Waals surface area contributed by atoms with Crippen molar-refractivity contribution in [3.8, 4) is 5.75 Å². The normalized spacial score (nSPS) is 18.2. The second-order valence-electron chi connectivity index (χ2n) is 5.03. The van der Waals surface area contributed by atoms with Crippen LogP contribution in [0, 0.1) is 0 Å². The minimum atomic E-state index is -3.67. The Kier molecular flexibility index (Phi) is 5.38. The van der Waals surface area contributed by atoms with Gasteiger partial charge < -0.3 is 14.8 Å². The highest BCUT2D eigenvalue weighted by molar-refractivity contribution is 7.89. The molecule has 7 nitrogen and oxygen atoms in total. The lowest BCUT2D eigenvalue weighted by Gasteiger charge is -2.14. The first-order chi connectivity index (χ1) is 10.4. The second-order valence-corrected chi connectivity index (χ2v) is 6.80. The molecule has 1 aliphatic rings. The van der Waals surface area contributed by atoms with Crippen molar-refractivity contribution in [2.24, 2.45) is 0 Å². The summed E-state index contributed by atoms with van der Waals surface area (Å²) in [7, 11) is -2.22. The van der Waals surface area contributed by atoms with Gasteiger partial charge in [-0.2, -0.15) is 0 Å². The Morgan fingerprint density at radius 2 is 2.23 bits per heavy atom. The van der Waals surface area contributed by atoms with Gasteiger partial charge in [0.05, 0.1) is 23.8 Å². The predicted octanol–water partition coefficient (Wildman–Crippen LogP) is 1.11. The Labute approximate surface area is 130 Å². The first kappa shape index (κ1) is 16.7. The van der Waals surface area contributed by atoms with Crippen LogP contribution in [-0.4, -0.2) is 40.7 Å². The number of nitrogens with one attached hydrogen (secondary N) is 2. The summed E-state index contributed by atoms with van der Waals surface area (Å²) < 4.78 is 37.6. The zero-order chi connectivity index (χ0) is 16.2. The number of sulfonamides is 1. The lowest BCUT2D eigenvalue weighted by Crippen LogP contribution is -2.31. The van der Waals surface area contributed by atoms with Gasteiger partial charge in [-0.05, 0) is 31.0 Å². The van der Waals surface area contributed by atoms with E-state index in [1.54, 1.807) is 0 Å². The smallest absolute Gasteiger partial charge is 0.240 e. The van der Waals surface area contributed by atoms with E-state index in [9.17, 15) is 13.2 Å². The molecule has 2 N–H and O–H groups in total. The average Bonchev–Trinajstić information content (AvgIpc) is 2.98. The fraction of sp³-hybridized carbons (Fsp3) is 0.500.